The van der Waals surface area contributed by atoms with Crippen LogP contribution in [0.3, 0.4) is 0 Å². The summed E-state index contributed by atoms with van der Waals surface area (Å²) < 4.78 is 1.77. The van der Waals surface area contributed by atoms with E-state index in [1.807, 2.05) is 24.3 Å². The average Bonchev–Trinajstić information content (AvgIpc) is 2.92. The van der Waals surface area contributed by atoms with Crippen molar-refractivity contribution in [2.24, 2.45) is 5.92 Å². The minimum Gasteiger partial charge on any atom is -0.380 e. The second-order valence-corrected chi connectivity index (χ2v) is 5.40. The molecule has 0 amide bonds. The van der Waals surface area contributed by atoms with Crippen molar-refractivity contribution >= 4 is 11.0 Å². The molecule has 1 aliphatic rings. The molecule has 1 aliphatic carbocycles. The Morgan fingerprint density at radius 1 is 1.25 bits per heavy atom. The molecule has 4 heteroatoms. The third kappa shape index (κ3) is 2.83. The maximum atomic E-state index is 10.1. The van der Waals surface area contributed by atoms with E-state index < -0.39 is 6.10 Å². The lowest BCUT2D eigenvalue weighted by molar-refractivity contribution is 0.133. The van der Waals surface area contributed by atoms with E-state index in [9.17, 15) is 5.11 Å². The molecule has 0 aliphatic heterocycles. The van der Waals surface area contributed by atoms with E-state index in [-0.39, 0.29) is 0 Å². The number of aliphatic hydroxyl groups excluding tert-OH is 1. The SMILES string of the molecule is OC(C#CCn1nnc2ccccc21)C1CCCCC1. The van der Waals surface area contributed by atoms with Crippen LogP contribution >= 0.6 is 0 Å². The number of hydrogen-bond acceptors (Lipinski definition) is 3. The van der Waals surface area contributed by atoms with Crippen LogP contribution in [0.5, 0.6) is 0 Å². The molecule has 1 heterocycles. The van der Waals surface area contributed by atoms with E-state index in [4.69, 9.17) is 0 Å². The lowest BCUT2D eigenvalue weighted by Crippen LogP contribution is -2.21. The quantitative estimate of drug-likeness (QED) is 0.852. The van der Waals surface area contributed by atoms with E-state index in [1.165, 1.54) is 19.3 Å². The second-order valence-electron chi connectivity index (χ2n) is 5.40. The maximum absolute atomic E-state index is 10.1. The van der Waals surface area contributed by atoms with Gasteiger partial charge in [-0.25, -0.2) is 4.68 Å². The molecule has 0 bridgehead atoms. The summed E-state index contributed by atoms with van der Waals surface area (Å²) in [7, 11) is 0. The van der Waals surface area contributed by atoms with Gasteiger partial charge in [0.05, 0.1) is 5.52 Å². The standard InChI is InChI=1S/C16H19N3O/c20-16(13-7-2-1-3-8-13)11-6-12-19-15-10-5-4-9-14(15)17-18-19/h4-5,9-10,13,16,20H,1-3,7-8,12H2. The minimum absolute atomic E-state index is 0.351. The molecule has 0 saturated heterocycles. The number of para-hydroxylation sites is 1. The number of aromatic nitrogens is 3. The molecular weight excluding hydrogens is 250 g/mol. The Morgan fingerprint density at radius 3 is 2.90 bits per heavy atom. The minimum atomic E-state index is -0.495. The highest BCUT2D eigenvalue weighted by atomic mass is 16.3. The molecule has 1 fully saturated rings. The maximum Gasteiger partial charge on any atom is 0.117 e. The monoisotopic (exact) mass is 269 g/mol. The van der Waals surface area contributed by atoms with Crippen molar-refractivity contribution < 1.29 is 5.11 Å². The molecule has 0 radical (unpaired) electrons. The van der Waals surface area contributed by atoms with Crippen molar-refractivity contribution in [2.45, 2.75) is 44.8 Å². The summed E-state index contributed by atoms with van der Waals surface area (Å²) >= 11 is 0. The van der Waals surface area contributed by atoms with Gasteiger partial charge in [0.25, 0.3) is 0 Å². The second kappa shape index (κ2) is 6.06. The summed E-state index contributed by atoms with van der Waals surface area (Å²) in [6.07, 6.45) is 5.44. The lowest BCUT2D eigenvalue weighted by atomic mass is 9.85. The summed E-state index contributed by atoms with van der Waals surface area (Å²) in [6, 6.07) is 7.82. The Hall–Kier alpha value is -1.86. The van der Waals surface area contributed by atoms with Gasteiger partial charge in [-0.05, 0) is 30.9 Å². The van der Waals surface area contributed by atoms with Gasteiger partial charge < -0.3 is 5.11 Å². The zero-order chi connectivity index (χ0) is 13.8. The number of aliphatic hydroxyl groups is 1. The van der Waals surface area contributed by atoms with Crippen LogP contribution in [-0.4, -0.2) is 26.2 Å². The normalized spacial score (nSPS) is 17.6. The average molecular weight is 269 g/mol. The van der Waals surface area contributed by atoms with Crippen molar-refractivity contribution in [3.63, 3.8) is 0 Å². The molecule has 1 unspecified atom stereocenters. The zero-order valence-corrected chi connectivity index (χ0v) is 11.5. The molecule has 1 aromatic carbocycles. The van der Waals surface area contributed by atoms with Crippen LogP contribution in [-0.2, 0) is 6.54 Å². The van der Waals surface area contributed by atoms with E-state index in [0.29, 0.717) is 12.5 Å². The first-order valence-corrected chi connectivity index (χ1v) is 7.29. The van der Waals surface area contributed by atoms with E-state index in [2.05, 4.69) is 22.2 Å². The lowest BCUT2D eigenvalue weighted by Gasteiger charge is -2.23. The van der Waals surface area contributed by atoms with Gasteiger partial charge >= 0.3 is 0 Å². The van der Waals surface area contributed by atoms with Crippen LogP contribution in [0, 0.1) is 17.8 Å². The molecule has 1 N–H and O–H groups in total. The third-order valence-corrected chi connectivity index (χ3v) is 4.00. The molecule has 1 aromatic heterocycles. The molecular formula is C16H19N3O. The van der Waals surface area contributed by atoms with E-state index >= 15 is 0 Å². The van der Waals surface area contributed by atoms with Gasteiger partial charge in [-0.1, -0.05) is 48.4 Å². The predicted molar refractivity (Wildman–Crippen MR) is 77.9 cm³/mol. The summed E-state index contributed by atoms with van der Waals surface area (Å²) in [5.41, 5.74) is 1.86. The van der Waals surface area contributed by atoms with Gasteiger partial charge in [0.2, 0.25) is 0 Å². The van der Waals surface area contributed by atoms with Crippen molar-refractivity contribution in [3.05, 3.63) is 24.3 Å². The number of nitrogens with zero attached hydrogens (tertiary/aromatic N) is 3. The van der Waals surface area contributed by atoms with Crippen molar-refractivity contribution in [1.29, 1.82) is 0 Å². The first kappa shape index (κ1) is 13.1. The first-order valence-electron chi connectivity index (χ1n) is 7.29. The van der Waals surface area contributed by atoms with Crippen LogP contribution in [0.15, 0.2) is 24.3 Å². The van der Waals surface area contributed by atoms with Gasteiger partial charge in [0.1, 0.15) is 18.2 Å². The van der Waals surface area contributed by atoms with Crippen molar-refractivity contribution in [1.82, 2.24) is 15.0 Å². The molecule has 20 heavy (non-hydrogen) atoms. The van der Waals surface area contributed by atoms with Gasteiger partial charge in [-0.3, -0.25) is 0 Å². The molecule has 104 valence electrons. The van der Waals surface area contributed by atoms with Crippen LogP contribution in [0.25, 0.3) is 11.0 Å². The topological polar surface area (TPSA) is 50.9 Å². The number of fused-ring (bicyclic) bond motifs is 1. The van der Waals surface area contributed by atoms with Gasteiger partial charge in [0, 0.05) is 0 Å². The Labute approximate surface area is 118 Å². The van der Waals surface area contributed by atoms with Crippen molar-refractivity contribution in [3.8, 4) is 11.8 Å². The molecule has 1 atom stereocenters. The summed E-state index contributed by atoms with van der Waals surface area (Å²) in [5.74, 6) is 6.36. The zero-order valence-electron chi connectivity index (χ0n) is 11.5. The highest BCUT2D eigenvalue weighted by molar-refractivity contribution is 5.73. The van der Waals surface area contributed by atoms with Crippen LogP contribution in [0.2, 0.25) is 0 Å². The highest BCUT2D eigenvalue weighted by Crippen LogP contribution is 2.26. The van der Waals surface area contributed by atoms with Crippen LogP contribution in [0.4, 0.5) is 0 Å². The Kier molecular flexibility index (Phi) is 3.98. The van der Waals surface area contributed by atoms with Gasteiger partial charge in [-0.2, -0.15) is 0 Å². The number of rotatable bonds is 2. The predicted octanol–water partition coefficient (Wildman–Crippen LogP) is 2.38. The fourth-order valence-electron chi connectivity index (χ4n) is 2.83. The molecule has 2 aromatic rings. The van der Waals surface area contributed by atoms with E-state index in [1.54, 1.807) is 4.68 Å². The number of benzene rings is 1. The van der Waals surface area contributed by atoms with Gasteiger partial charge in [0.15, 0.2) is 0 Å². The smallest absolute Gasteiger partial charge is 0.117 e. The molecule has 4 nitrogen and oxygen atoms in total. The molecule has 1 saturated carbocycles. The fourth-order valence-corrected chi connectivity index (χ4v) is 2.83. The molecule has 0 spiro atoms. The Bertz CT molecular complexity index is 632. The van der Waals surface area contributed by atoms with Gasteiger partial charge in [-0.15, -0.1) is 5.10 Å². The summed E-state index contributed by atoms with van der Waals surface area (Å²) in [5, 5.41) is 18.3. The fraction of sp³-hybridized carbons (Fsp3) is 0.500. The largest absolute Gasteiger partial charge is 0.380 e. The van der Waals surface area contributed by atoms with Crippen LogP contribution in [0.1, 0.15) is 32.1 Å². The summed E-state index contributed by atoms with van der Waals surface area (Å²) in [4.78, 5) is 0. The highest BCUT2D eigenvalue weighted by Gasteiger charge is 2.19. The third-order valence-electron chi connectivity index (χ3n) is 4.00. The Morgan fingerprint density at radius 2 is 2.05 bits per heavy atom. The number of hydrogen-bond donors (Lipinski definition) is 1. The first-order chi connectivity index (χ1) is 9.84. The molecule has 3 rings (SSSR count). The van der Waals surface area contributed by atoms with Crippen molar-refractivity contribution in [2.75, 3.05) is 0 Å². The summed E-state index contributed by atoms with van der Waals surface area (Å²) in [6.45, 7) is 0.476. The Balaban J connectivity index is 1.66. The van der Waals surface area contributed by atoms with E-state index in [0.717, 1.165) is 23.9 Å². The van der Waals surface area contributed by atoms with Crippen LogP contribution < -0.4 is 0 Å².